The Labute approximate surface area is 164 Å². The summed E-state index contributed by atoms with van der Waals surface area (Å²) in [6, 6.07) is 9.67. The number of carbonyl (C=O) groups excluding carboxylic acids is 2. The molecule has 3 rings (SSSR count). The summed E-state index contributed by atoms with van der Waals surface area (Å²) in [7, 11) is -2.11. The van der Waals surface area contributed by atoms with Crippen molar-refractivity contribution in [3.63, 3.8) is 0 Å². The van der Waals surface area contributed by atoms with Crippen LogP contribution in [0.15, 0.2) is 52.0 Å². The van der Waals surface area contributed by atoms with Gasteiger partial charge in [-0.05, 0) is 49.7 Å². The molecule has 0 spiro atoms. The van der Waals surface area contributed by atoms with Crippen molar-refractivity contribution in [1.82, 2.24) is 14.9 Å². The maximum Gasteiger partial charge on any atom is 0.289 e. The lowest BCUT2D eigenvalue weighted by molar-refractivity contribution is -0.126. The molecular formula is C19H23N3O5S. The Morgan fingerprint density at radius 2 is 1.82 bits per heavy atom. The van der Waals surface area contributed by atoms with Crippen molar-refractivity contribution in [2.24, 2.45) is 5.92 Å². The van der Waals surface area contributed by atoms with Crippen LogP contribution < -0.4 is 10.0 Å². The number of amides is 2. The zero-order chi connectivity index (χ0) is 20.1. The van der Waals surface area contributed by atoms with Gasteiger partial charge in [0.1, 0.15) is 0 Å². The van der Waals surface area contributed by atoms with Crippen molar-refractivity contribution in [3.05, 3.63) is 54.0 Å². The molecule has 1 aromatic carbocycles. The Balaban J connectivity index is 1.48. The van der Waals surface area contributed by atoms with Gasteiger partial charge in [-0.25, -0.2) is 13.1 Å². The smallest absolute Gasteiger partial charge is 0.289 e. The predicted octanol–water partition coefficient (Wildman–Crippen LogP) is 1.36. The Morgan fingerprint density at radius 1 is 1.14 bits per heavy atom. The number of nitrogens with one attached hydrogen (secondary N) is 2. The van der Waals surface area contributed by atoms with Crippen molar-refractivity contribution in [3.8, 4) is 0 Å². The first-order chi connectivity index (χ1) is 13.4. The van der Waals surface area contributed by atoms with Gasteiger partial charge in [0.25, 0.3) is 5.91 Å². The molecule has 1 fully saturated rings. The fraction of sp³-hybridized carbons (Fsp3) is 0.368. The van der Waals surface area contributed by atoms with Gasteiger partial charge in [-0.1, -0.05) is 12.1 Å². The molecule has 2 N–H and O–H groups in total. The highest BCUT2D eigenvalue weighted by Crippen LogP contribution is 2.20. The molecule has 1 aliphatic heterocycles. The van der Waals surface area contributed by atoms with Crippen molar-refractivity contribution in [1.29, 1.82) is 0 Å². The number of likely N-dealkylation sites (tertiary alicyclic amines) is 1. The van der Waals surface area contributed by atoms with E-state index >= 15 is 0 Å². The lowest BCUT2D eigenvalue weighted by Crippen LogP contribution is -2.42. The fourth-order valence-electron chi connectivity index (χ4n) is 3.14. The van der Waals surface area contributed by atoms with E-state index in [1.807, 2.05) is 0 Å². The van der Waals surface area contributed by atoms with E-state index in [0.29, 0.717) is 38.2 Å². The minimum atomic E-state index is -3.47. The molecular weight excluding hydrogens is 382 g/mol. The van der Waals surface area contributed by atoms with Gasteiger partial charge in [-0.3, -0.25) is 9.59 Å². The van der Waals surface area contributed by atoms with E-state index in [4.69, 9.17) is 4.42 Å². The quantitative estimate of drug-likeness (QED) is 0.754. The summed E-state index contributed by atoms with van der Waals surface area (Å²) in [6.45, 7) is 1.34. The normalized spacial score (nSPS) is 15.4. The van der Waals surface area contributed by atoms with Crippen LogP contribution in [0.5, 0.6) is 0 Å². The number of rotatable bonds is 6. The van der Waals surface area contributed by atoms with Gasteiger partial charge in [-0.15, -0.1) is 0 Å². The highest BCUT2D eigenvalue weighted by Gasteiger charge is 2.28. The van der Waals surface area contributed by atoms with Crippen molar-refractivity contribution in [2.45, 2.75) is 24.3 Å². The zero-order valence-electron chi connectivity index (χ0n) is 15.6. The van der Waals surface area contributed by atoms with Gasteiger partial charge in [0.15, 0.2) is 5.76 Å². The number of hydrogen-bond acceptors (Lipinski definition) is 5. The monoisotopic (exact) mass is 405 g/mol. The summed E-state index contributed by atoms with van der Waals surface area (Å²) in [5, 5.41) is 2.89. The van der Waals surface area contributed by atoms with Gasteiger partial charge < -0.3 is 14.6 Å². The van der Waals surface area contributed by atoms with Crippen molar-refractivity contribution in [2.75, 3.05) is 20.1 Å². The lowest BCUT2D eigenvalue weighted by Gasteiger charge is -2.30. The highest BCUT2D eigenvalue weighted by molar-refractivity contribution is 7.89. The number of nitrogens with zero attached hydrogens (tertiary/aromatic N) is 1. The standard InChI is InChI=1S/C19H23N3O5S/c1-20-28(25,26)16-6-4-14(5-7-16)13-21-18(23)15-8-10-22(11-9-15)19(24)17-3-2-12-27-17/h2-7,12,15,20H,8-11,13H2,1H3,(H,21,23). The molecule has 0 saturated carbocycles. The summed E-state index contributed by atoms with van der Waals surface area (Å²) >= 11 is 0. The molecule has 0 aliphatic carbocycles. The summed E-state index contributed by atoms with van der Waals surface area (Å²) < 4.78 is 30.8. The van der Waals surface area contributed by atoms with Crippen LogP contribution in [0.25, 0.3) is 0 Å². The minimum Gasteiger partial charge on any atom is -0.459 e. The van der Waals surface area contributed by atoms with E-state index in [2.05, 4.69) is 10.0 Å². The van der Waals surface area contributed by atoms with Crippen LogP contribution in [0.4, 0.5) is 0 Å². The fourth-order valence-corrected chi connectivity index (χ4v) is 3.87. The van der Waals surface area contributed by atoms with Crippen molar-refractivity contribution >= 4 is 21.8 Å². The number of sulfonamides is 1. The van der Waals surface area contributed by atoms with E-state index in [1.54, 1.807) is 29.2 Å². The summed E-state index contributed by atoms with van der Waals surface area (Å²) in [5.74, 6) is -0.0475. The third-order valence-electron chi connectivity index (χ3n) is 4.85. The lowest BCUT2D eigenvalue weighted by atomic mass is 9.95. The van der Waals surface area contributed by atoms with Crippen LogP contribution in [-0.4, -0.2) is 45.3 Å². The number of piperidine rings is 1. The van der Waals surface area contributed by atoms with Crippen LogP contribution in [0.3, 0.4) is 0 Å². The Morgan fingerprint density at radius 3 is 2.39 bits per heavy atom. The molecule has 9 heteroatoms. The van der Waals surface area contributed by atoms with Crippen molar-refractivity contribution < 1.29 is 22.4 Å². The number of hydrogen-bond donors (Lipinski definition) is 2. The first-order valence-electron chi connectivity index (χ1n) is 9.03. The molecule has 8 nitrogen and oxygen atoms in total. The Hall–Kier alpha value is -2.65. The molecule has 0 bridgehead atoms. The molecule has 28 heavy (non-hydrogen) atoms. The first kappa shape index (κ1) is 20.1. The van der Waals surface area contributed by atoms with E-state index < -0.39 is 10.0 Å². The Kier molecular flexibility index (Phi) is 6.15. The molecule has 0 atom stereocenters. The second-order valence-electron chi connectivity index (χ2n) is 6.61. The van der Waals surface area contributed by atoms with Crippen LogP contribution in [0.1, 0.15) is 29.0 Å². The summed E-state index contributed by atoms with van der Waals surface area (Å²) in [4.78, 5) is 26.5. The molecule has 1 saturated heterocycles. The number of carbonyl (C=O) groups is 2. The third kappa shape index (κ3) is 4.60. The third-order valence-corrected chi connectivity index (χ3v) is 6.28. The predicted molar refractivity (Wildman–Crippen MR) is 102 cm³/mol. The molecule has 1 aliphatic rings. The molecule has 2 amide bonds. The van der Waals surface area contributed by atoms with E-state index in [9.17, 15) is 18.0 Å². The van der Waals surface area contributed by atoms with Gasteiger partial charge in [-0.2, -0.15) is 0 Å². The molecule has 1 aromatic heterocycles. The van der Waals surface area contributed by atoms with E-state index in [0.717, 1.165) is 5.56 Å². The first-order valence-corrected chi connectivity index (χ1v) is 10.5. The molecule has 0 radical (unpaired) electrons. The van der Waals surface area contributed by atoms with Crippen LogP contribution in [0, 0.1) is 5.92 Å². The maximum absolute atomic E-state index is 12.4. The van der Waals surface area contributed by atoms with Crippen LogP contribution in [-0.2, 0) is 21.4 Å². The number of furan rings is 1. The summed E-state index contributed by atoms with van der Waals surface area (Å²) in [5.41, 5.74) is 0.814. The maximum atomic E-state index is 12.4. The number of benzene rings is 1. The van der Waals surface area contributed by atoms with Gasteiger partial charge >= 0.3 is 0 Å². The minimum absolute atomic E-state index is 0.0583. The summed E-state index contributed by atoms with van der Waals surface area (Å²) in [6.07, 6.45) is 2.66. The second kappa shape index (κ2) is 8.57. The van der Waals surface area contributed by atoms with Gasteiger partial charge in [0.2, 0.25) is 15.9 Å². The van der Waals surface area contributed by atoms with Crippen LogP contribution in [0.2, 0.25) is 0 Å². The molecule has 2 aromatic rings. The van der Waals surface area contributed by atoms with Gasteiger partial charge in [0, 0.05) is 25.6 Å². The molecule has 150 valence electrons. The van der Waals surface area contributed by atoms with Gasteiger partial charge in [0.05, 0.1) is 11.2 Å². The van der Waals surface area contributed by atoms with E-state index in [1.165, 1.54) is 25.4 Å². The topological polar surface area (TPSA) is 109 Å². The Bertz CT molecular complexity index is 915. The van der Waals surface area contributed by atoms with E-state index in [-0.39, 0.29) is 22.6 Å². The highest BCUT2D eigenvalue weighted by atomic mass is 32.2. The largest absolute Gasteiger partial charge is 0.459 e. The van der Waals surface area contributed by atoms with Crippen LogP contribution >= 0.6 is 0 Å². The molecule has 0 unspecified atom stereocenters. The molecule has 2 heterocycles. The SMILES string of the molecule is CNS(=O)(=O)c1ccc(CNC(=O)C2CCN(C(=O)c3ccco3)CC2)cc1. The second-order valence-corrected chi connectivity index (χ2v) is 8.50. The zero-order valence-corrected chi connectivity index (χ0v) is 16.4. The average molecular weight is 405 g/mol. The average Bonchev–Trinajstić information content (AvgIpc) is 3.27.